The van der Waals surface area contributed by atoms with Gasteiger partial charge in [0.2, 0.25) is 23.6 Å². The predicted octanol–water partition coefficient (Wildman–Crippen LogP) is -0.346. The fourth-order valence-corrected chi connectivity index (χ4v) is 5.33. The van der Waals surface area contributed by atoms with Gasteiger partial charge in [-0.15, -0.1) is 0 Å². The molecule has 0 bridgehead atoms. The number of hydrogen-bond donors (Lipinski definition) is 2. The van der Waals surface area contributed by atoms with Crippen LogP contribution in [0.15, 0.2) is 0 Å². The minimum Gasteiger partial charge on any atom is -0.464 e. The molecule has 3 saturated heterocycles. The maximum atomic E-state index is 13.6. The van der Waals surface area contributed by atoms with Gasteiger partial charge in [-0.1, -0.05) is 20.8 Å². The highest BCUT2D eigenvalue weighted by Crippen LogP contribution is 2.26. The molecule has 3 heterocycles. The number of aliphatic hydroxyl groups is 1. The van der Waals surface area contributed by atoms with Crippen molar-refractivity contribution in [3.05, 3.63) is 0 Å². The number of ether oxygens (including phenoxy) is 1. The number of rotatable bonds is 3. The molecule has 6 atom stereocenters. The fraction of sp³-hybridized carbons (Fsp3) is 0.792. The SMILES string of the molecule is CCCN1C(=O)C2CC(O)CN2C(=O)CCOC(=O)C2CC(C)CN2C(=O)C(C)NC(=O)C1CC. The summed E-state index contributed by atoms with van der Waals surface area (Å²) in [6.45, 7) is 7.66. The molecule has 6 unspecified atom stereocenters. The molecule has 4 amide bonds. The number of carbonyl (C=O) groups is 5. The summed E-state index contributed by atoms with van der Waals surface area (Å²) in [4.78, 5) is 70.0. The largest absolute Gasteiger partial charge is 0.464 e. The van der Waals surface area contributed by atoms with E-state index in [1.807, 2.05) is 13.8 Å². The van der Waals surface area contributed by atoms with Gasteiger partial charge in [-0.2, -0.15) is 0 Å². The Morgan fingerprint density at radius 2 is 1.69 bits per heavy atom. The lowest BCUT2D eigenvalue weighted by atomic mass is 10.1. The lowest BCUT2D eigenvalue weighted by Gasteiger charge is -2.35. The van der Waals surface area contributed by atoms with Gasteiger partial charge >= 0.3 is 5.97 Å². The summed E-state index contributed by atoms with van der Waals surface area (Å²) in [7, 11) is 0. The quantitative estimate of drug-likeness (QED) is 0.512. The van der Waals surface area contributed by atoms with E-state index < -0.39 is 54.0 Å². The number of fused-ring (bicyclic) bond motifs is 2. The topological polar surface area (TPSA) is 137 Å². The van der Waals surface area contributed by atoms with Crippen LogP contribution in [0.3, 0.4) is 0 Å². The molecule has 0 aliphatic carbocycles. The Hall–Kier alpha value is -2.69. The van der Waals surface area contributed by atoms with Crippen molar-refractivity contribution < 1.29 is 33.8 Å². The molecule has 0 radical (unpaired) electrons. The number of nitrogens with zero attached hydrogens (tertiary/aromatic N) is 3. The second-order valence-corrected chi connectivity index (χ2v) is 9.90. The molecule has 196 valence electrons. The molecule has 0 aromatic rings. The molecule has 35 heavy (non-hydrogen) atoms. The standard InChI is InChI=1S/C24H38N4O7/c1-5-8-26-17(6-2)21(31)25-15(4)22(32)28-12-14(3)10-19(28)24(34)35-9-7-20(30)27-13-16(29)11-18(27)23(26)33/h14-19,29H,5-13H2,1-4H3,(H,25,31). The van der Waals surface area contributed by atoms with Gasteiger partial charge in [-0.25, -0.2) is 4.79 Å². The Morgan fingerprint density at radius 1 is 0.971 bits per heavy atom. The van der Waals surface area contributed by atoms with E-state index in [0.717, 1.165) is 0 Å². The maximum absolute atomic E-state index is 13.6. The van der Waals surface area contributed by atoms with Crippen molar-refractivity contribution in [1.29, 1.82) is 0 Å². The maximum Gasteiger partial charge on any atom is 0.328 e. The van der Waals surface area contributed by atoms with Crippen molar-refractivity contribution in [2.45, 2.75) is 90.1 Å². The van der Waals surface area contributed by atoms with Gasteiger partial charge in [0, 0.05) is 26.1 Å². The molecule has 0 aromatic carbocycles. The van der Waals surface area contributed by atoms with E-state index in [-0.39, 0.29) is 37.8 Å². The first-order chi connectivity index (χ1) is 16.6. The smallest absolute Gasteiger partial charge is 0.328 e. The number of esters is 1. The molecule has 0 spiro atoms. The van der Waals surface area contributed by atoms with E-state index in [0.29, 0.717) is 32.4 Å². The summed E-state index contributed by atoms with van der Waals surface area (Å²) < 4.78 is 5.35. The van der Waals surface area contributed by atoms with Gasteiger partial charge < -0.3 is 29.9 Å². The van der Waals surface area contributed by atoms with Gasteiger partial charge in [0.05, 0.1) is 12.5 Å². The highest BCUT2D eigenvalue weighted by atomic mass is 16.5. The van der Waals surface area contributed by atoms with Gasteiger partial charge in [0.15, 0.2) is 0 Å². The third-order valence-electron chi connectivity index (χ3n) is 7.05. The molecule has 11 heteroatoms. The molecular weight excluding hydrogens is 456 g/mol. The van der Waals surface area contributed by atoms with Crippen molar-refractivity contribution in [2.75, 3.05) is 26.2 Å². The van der Waals surface area contributed by atoms with Crippen molar-refractivity contribution in [3.63, 3.8) is 0 Å². The first kappa shape index (κ1) is 26.9. The van der Waals surface area contributed by atoms with Crippen LogP contribution in [0.4, 0.5) is 0 Å². The summed E-state index contributed by atoms with van der Waals surface area (Å²) in [6, 6.07) is -3.41. The number of carbonyl (C=O) groups excluding carboxylic acids is 5. The first-order valence-electron chi connectivity index (χ1n) is 12.6. The van der Waals surface area contributed by atoms with Crippen LogP contribution in [-0.2, 0) is 28.7 Å². The Balaban J connectivity index is 1.95. The second kappa shape index (κ2) is 11.4. The molecule has 2 N–H and O–H groups in total. The number of cyclic esters (lactones) is 1. The van der Waals surface area contributed by atoms with E-state index >= 15 is 0 Å². The van der Waals surface area contributed by atoms with Gasteiger partial charge in [0.1, 0.15) is 30.8 Å². The van der Waals surface area contributed by atoms with E-state index in [1.165, 1.54) is 14.7 Å². The molecule has 3 rings (SSSR count). The number of nitrogens with one attached hydrogen (secondary N) is 1. The van der Waals surface area contributed by atoms with E-state index in [2.05, 4.69) is 5.32 Å². The lowest BCUT2D eigenvalue weighted by Crippen LogP contribution is -2.58. The number of aliphatic hydroxyl groups excluding tert-OH is 1. The summed E-state index contributed by atoms with van der Waals surface area (Å²) in [5.41, 5.74) is 0. The highest BCUT2D eigenvalue weighted by Gasteiger charge is 2.44. The van der Waals surface area contributed by atoms with Crippen LogP contribution in [-0.4, -0.2) is 106 Å². The van der Waals surface area contributed by atoms with Crippen LogP contribution in [0.25, 0.3) is 0 Å². The summed E-state index contributed by atoms with van der Waals surface area (Å²) >= 11 is 0. The summed E-state index contributed by atoms with van der Waals surface area (Å²) in [5.74, 6) is -2.18. The summed E-state index contributed by atoms with van der Waals surface area (Å²) in [6.07, 6.45) is 0.428. The van der Waals surface area contributed by atoms with Gasteiger partial charge in [-0.05, 0) is 32.1 Å². The van der Waals surface area contributed by atoms with Crippen molar-refractivity contribution in [3.8, 4) is 0 Å². The average Bonchev–Trinajstić information content (AvgIpc) is 3.40. The third kappa shape index (κ3) is 5.76. The van der Waals surface area contributed by atoms with E-state index in [4.69, 9.17) is 4.74 Å². The normalized spacial score (nSPS) is 33.5. The molecule has 11 nitrogen and oxygen atoms in total. The summed E-state index contributed by atoms with van der Waals surface area (Å²) in [5, 5.41) is 13.0. The van der Waals surface area contributed by atoms with Crippen LogP contribution in [0.1, 0.15) is 59.8 Å². The molecule has 3 aliphatic heterocycles. The zero-order valence-electron chi connectivity index (χ0n) is 21.1. The number of hydrogen-bond acceptors (Lipinski definition) is 7. The number of amides is 4. The molecule has 3 aliphatic rings. The van der Waals surface area contributed by atoms with E-state index in [9.17, 15) is 29.1 Å². The van der Waals surface area contributed by atoms with Gasteiger partial charge in [0.25, 0.3) is 0 Å². The van der Waals surface area contributed by atoms with E-state index in [1.54, 1.807) is 13.8 Å². The van der Waals surface area contributed by atoms with Crippen LogP contribution >= 0.6 is 0 Å². The Morgan fingerprint density at radius 3 is 2.34 bits per heavy atom. The minimum atomic E-state index is -0.903. The van der Waals surface area contributed by atoms with Crippen molar-refractivity contribution in [2.24, 2.45) is 5.92 Å². The monoisotopic (exact) mass is 494 g/mol. The van der Waals surface area contributed by atoms with Crippen molar-refractivity contribution in [1.82, 2.24) is 20.0 Å². The Bertz CT molecular complexity index is 850. The zero-order chi connectivity index (χ0) is 25.9. The van der Waals surface area contributed by atoms with Crippen LogP contribution in [0.2, 0.25) is 0 Å². The molecule has 0 saturated carbocycles. The third-order valence-corrected chi connectivity index (χ3v) is 7.05. The fourth-order valence-electron chi connectivity index (χ4n) is 5.33. The first-order valence-corrected chi connectivity index (χ1v) is 12.6. The second-order valence-electron chi connectivity index (χ2n) is 9.90. The van der Waals surface area contributed by atoms with Crippen molar-refractivity contribution >= 4 is 29.6 Å². The van der Waals surface area contributed by atoms with Crippen LogP contribution in [0.5, 0.6) is 0 Å². The van der Waals surface area contributed by atoms with Crippen LogP contribution < -0.4 is 5.32 Å². The molecular formula is C24H38N4O7. The molecule has 3 fully saturated rings. The molecule has 0 aromatic heterocycles. The zero-order valence-corrected chi connectivity index (χ0v) is 21.1. The van der Waals surface area contributed by atoms with Gasteiger partial charge in [-0.3, -0.25) is 19.2 Å². The average molecular weight is 495 g/mol. The Labute approximate surface area is 206 Å². The highest BCUT2D eigenvalue weighted by molar-refractivity contribution is 5.95. The lowest BCUT2D eigenvalue weighted by molar-refractivity contribution is -0.156. The minimum absolute atomic E-state index is 0.00555. The predicted molar refractivity (Wildman–Crippen MR) is 125 cm³/mol. The van der Waals surface area contributed by atoms with Crippen LogP contribution in [0, 0.1) is 5.92 Å². The Kier molecular flexibility index (Phi) is 8.74.